The topological polar surface area (TPSA) is 56.8 Å². The maximum Gasteiger partial charge on any atom is 0.264 e. The Balaban J connectivity index is 1.59. The standard InChI is InChI=1S/C21H25ClN4O2S/c1-15-6-3-4-9-18(15)28-14-19(27)24-21(29)23-17-8-5-7-16(22)20(17)26-12-10-25(2)11-13-26/h3-9H,10-14H2,1-2H3,(H2,23,24,27,29). The number of likely N-dealkylation sites (N-methyl/N-ethyl adjacent to an activating group) is 1. The fraction of sp³-hybridized carbons (Fsp3) is 0.333. The molecule has 8 heteroatoms. The summed E-state index contributed by atoms with van der Waals surface area (Å²) in [5.41, 5.74) is 2.64. The highest BCUT2D eigenvalue weighted by Gasteiger charge is 2.20. The Morgan fingerprint density at radius 3 is 2.59 bits per heavy atom. The highest BCUT2D eigenvalue weighted by Crippen LogP contribution is 2.34. The molecule has 2 N–H and O–H groups in total. The minimum atomic E-state index is -0.325. The highest BCUT2D eigenvalue weighted by molar-refractivity contribution is 7.80. The Kier molecular flexibility index (Phi) is 7.30. The Hall–Kier alpha value is -2.35. The van der Waals surface area contributed by atoms with E-state index in [0.29, 0.717) is 10.8 Å². The second-order valence-corrected chi connectivity index (χ2v) is 7.80. The average Bonchev–Trinajstić information content (AvgIpc) is 2.68. The molecule has 1 fully saturated rings. The fourth-order valence-electron chi connectivity index (χ4n) is 3.15. The van der Waals surface area contributed by atoms with E-state index in [4.69, 9.17) is 28.6 Å². The number of halogens is 1. The van der Waals surface area contributed by atoms with Crippen molar-refractivity contribution in [3.05, 3.63) is 53.1 Å². The molecular weight excluding hydrogens is 408 g/mol. The number of nitrogens with zero attached hydrogens (tertiary/aromatic N) is 2. The predicted octanol–water partition coefficient (Wildman–Crippen LogP) is 3.29. The number of aryl methyl sites for hydroxylation is 1. The van der Waals surface area contributed by atoms with Crippen LogP contribution in [0.4, 0.5) is 11.4 Å². The molecule has 1 heterocycles. The van der Waals surface area contributed by atoms with Gasteiger partial charge >= 0.3 is 0 Å². The first kappa shape index (κ1) is 21.4. The van der Waals surface area contributed by atoms with Gasteiger partial charge in [-0.1, -0.05) is 35.9 Å². The van der Waals surface area contributed by atoms with Crippen LogP contribution in [-0.4, -0.2) is 55.8 Å². The summed E-state index contributed by atoms with van der Waals surface area (Å²) in [4.78, 5) is 16.7. The van der Waals surface area contributed by atoms with E-state index in [1.807, 2.05) is 49.4 Å². The summed E-state index contributed by atoms with van der Waals surface area (Å²) in [7, 11) is 2.10. The van der Waals surface area contributed by atoms with Crippen LogP contribution in [0.15, 0.2) is 42.5 Å². The Morgan fingerprint density at radius 1 is 1.14 bits per heavy atom. The van der Waals surface area contributed by atoms with Gasteiger partial charge in [-0.2, -0.15) is 0 Å². The number of carbonyl (C=O) groups is 1. The van der Waals surface area contributed by atoms with E-state index in [1.54, 1.807) is 0 Å². The molecule has 1 aliphatic rings. The van der Waals surface area contributed by atoms with Crippen molar-refractivity contribution in [1.29, 1.82) is 0 Å². The summed E-state index contributed by atoms with van der Waals surface area (Å²) in [6, 6.07) is 13.2. The fourth-order valence-corrected chi connectivity index (χ4v) is 3.66. The number of hydrogen-bond donors (Lipinski definition) is 2. The predicted molar refractivity (Wildman–Crippen MR) is 122 cm³/mol. The number of amides is 1. The van der Waals surface area contributed by atoms with E-state index in [1.165, 1.54) is 0 Å². The number of thiocarbonyl (C=S) groups is 1. The van der Waals surface area contributed by atoms with Crippen LogP contribution in [0.1, 0.15) is 5.56 Å². The van der Waals surface area contributed by atoms with Crippen molar-refractivity contribution >= 4 is 46.2 Å². The van der Waals surface area contributed by atoms with Gasteiger partial charge in [-0.25, -0.2) is 0 Å². The number of anilines is 2. The summed E-state index contributed by atoms with van der Waals surface area (Å²) in [6.07, 6.45) is 0. The SMILES string of the molecule is Cc1ccccc1OCC(=O)NC(=S)Nc1cccc(Cl)c1N1CCN(C)CC1. The molecule has 6 nitrogen and oxygen atoms in total. The van der Waals surface area contributed by atoms with Crippen LogP contribution < -0.4 is 20.3 Å². The molecule has 0 spiro atoms. The van der Waals surface area contributed by atoms with Gasteiger partial charge in [-0.15, -0.1) is 0 Å². The maximum absolute atomic E-state index is 12.2. The molecule has 0 aromatic heterocycles. The van der Waals surface area contributed by atoms with Gasteiger partial charge < -0.3 is 19.9 Å². The molecule has 29 heavy (non-hydrogen) atoms. The number of nitrogens with one attached hydrogen (secondary N) is 2. The molecular formula is C21H25ClN4O2S. The maximum atomic E-state index is 12.2. The van der Waals surface area contributed by atoms with E-state index in [9.17, 15) is 4.79 Å². The molecule has 0 saturated carbocycles. The minimum absolute atomic E-state index is 0.118. The number of benzene rings is 2. The van der Waals surface area contributed by atoms with Crippen molar-refractivity contribution in [2.24, 2.45) is 0 Å². The highest BCUT2D eigenvalue weighted by atomic mass is 35.5. The zero-order valence-electron chi connectivity index (χ0n) is 16.6. The van der Waals surface area contributed by atoms with E-state index >= 15 is 0 Å². The lowest BCUT2D eigenvalue weighted by atomic mass is 10.2. The first-order valence-corrected chi connectivity index (χ1v) is 10.2. The largest absolute Gasteiger partial charge is 0.483 e. The summed E-state index contributed by atoms with van der Waals surface area (Å²) in [6.45, 7) is 5.48. The Bertz CT molecular complexity index is 885. The summed E-state index contributed by atoms with van der Waals surface area (Å²) < 4.78 is 5.56. The van der Waals surface area contributed by atoms with Gasteiger partial charge in [0.25, 0.3) is 5.91 Å². The molecule has 0 radical (unpaired) electrons. The molecule has 1 amide bonds. The van der Waals surface area contributed by atoms with Crippen LogP contribution in [0, 0.1) is 6.92 Å². The van der Waals surface area contributed by atoms with Crippen LogP contribution >= 0.6 is 23.8 Å². The first-order chi connectivity index (χ1) is 13.9. The number of rotatable bonds is 5. The van der Waals surface area contributed by atoms with Crippen molar-refractivity contribution in [1.82, 2.24) is 10.2 Å². The zero-order chi connectivity index (χ0) is 20.8. The van der Waals surface area contributed by atoms with E-state index in [2.05, 4.69) is 27.5 Å². The number of carbonyl (C=O) groups excluding carboxylic acids is 1. The van der Waals surface area contributed by atoms with Crippen LogP contribution in [0.2, 0.25) is 5.02 Å². The molecule has 3 rings (SSSR count). The van der Waals surface area contributed by atoms with Gasteiger partial charge in [0.15, 0.2) is 11.7 Å². The lowest BCUT2D eigenvalue weighted by Gasteiger charge is -2.35. The number of hydrogen-bond acceptors (Lipinski definition) is 5. The monoisotopic (exact) mass is 432 g/mol. The molecule has 0 aliphatic carbocycles. The van der Waals surface area contributed by atoms with Gasteiger partial charge in [0, 0.05) is 26.2 Å². The molecule has 1 saturated heterocycles. The van der Waals surface area contributed by atoms with Gasteiger partial charge in [-0.3, -0.25) is 10.1 Å². The number of piperazine rings is 1. The molecule has 0 atom stereocenters. The quantitative estimate of drug-likeness (QED) is 0.707. The summed E-state index contributed by atoms with van der Waals surface area (Å²) >= 11 is 11.8. The average molecular weight is 433 g/mol. The van der Waals surface area contributed by atoms with Gasteiger partial charge in [0.1, 0.15) is 5.75 Å². The number of para-hydroxylation sites is 2. The summed E-state index contributed by atoms with van der Waals surface area (Å²) in [5, 5.41) is 6.62. The molecule has 154 valence electrons. The Morgan fingerprint density at radius 2 is 1.86 bits per heavy atom. The van der Waals surface area contributed by atoms with E-state index < -0.39 is 0 Å². The third-order valence-corrected chi connectivity index (χ3v) is 5.27. The molecule has 1 aliphatic heterocycles. The van der Waals surface area contributed by atoms with Crippen LogP contribution in [-0.2, 0) is 4.79 Å². The van der Waals surface area contributed by atoms with Crippen molar-refractivity contribution in [2.75, 3.05) is 50.1 Å². The van der Waals surface area contributed by atoms with Gasteiger partial charge in [0.2, 0.25) is 0 Å². The van der Waals surface area contributed by atoms with Gasteiger partial charge in [0.05, 0.1) is 16.4 Å². The van der Waals surface area contributed by atoms with E-state index in [-0.39, 0.29) is 17.6 Å². The lowest BCUT2D eigenvalue weighted by Crippen LogP contribution is -2.45. The van der Waals surface area contributed by atoms with Crippen molar-refractivity contribution in [2.45, 2.75) is 6.92 Å². The molecule has 2 aromatic rings. The second-order valence-electron chi connectivity index (χ2n) is 6.98. The third-order valence-electron chi connectivity index (χ3n) is 4.76. The normalized spacial score (nSPS) is 14.4. The third kappa shape index (κ3) is 5.82. The van der Waals surface area contributed by atoms with Crippen molar-refractivity contribution in [3.63, 3.8) is 0 Å². The van der Waals surface area contributed by atoms with E-state index in [0.717, 1.165) is 43.1 Å². The second kappa shape index (κ2) is 9.91. The van der Waals surface area contributed by atoms with Crippen molar-refractivity contribution < 1.29 is 9.53 Å². The minimum Gasteiger partial charge on any atom is -0.483 e. The molecule has 0 bridgehead atoms. The number of ether oxygens (including phenoxy) is 1. The lowest BCUT2D eigenvalue weighted by molar-refractivity contribution is -0.121. The first-order valence-electron chi connectivity index (χ1n) is 9.45. The van der Waals surface area contributed by atoms with Crippen molar-refractivity contribution in [3.8, 4) is 5.75 Å². The zero-order valence-corrected chi connectivity index (χ0v) is 18.1. The molecule has 0 unspecified atom stereocenters. The summed E-state index contributed by atoms with van der Waals surface area (Å²) in [5.74, 6) is 0.350. The smallest absolute Gasteiger partial charge is 0.264 e. The van der Waals surface area contributed by atoms with Crippen LogP contribution in [0.3, 0.4) is 0 Å². The molecule has 2 aromatic carbocycles. The van der Waals surface area contributed by atoms with Gasteiger partial charge in [-0.05, 0) is 50.0 Å². The van der Waals surface area contributed by atoms with Crippen LogP contribution in [0.25, 0.3) is 0 Å². The van der Waals surface area contributed by atoms with Crippen LogP contribution in [0.5, 0.6) is 5.75 Å². The Labute approximate surface area is 181 Å².